The van der Waals surface area contributed by atoms with Crippen LogP contribution in [-0.2, 0) is 16.3 Å². The molecule has 1 aromatic heterocycles. The number of sulfone groups is 1. The summed E-state index contributed by atoms with van der Waals surface area (Å²) in [5.74, 6) is 0.725. The van der Waals surface area contributed by atoms with Gasteiger partial charge in [0.25, 0.3) is 0 Å². The van der Waals surface area contributed by atoms with Gasteiger partial charge in [0.1, 0.15) is 5.82 Å². The van der Waals surface area contributed by atoms with Gasteiger partial charge in [-0.25, -0.2) is 12.8 Å². The fourth-order valence-corrected chi connectivity index (χ4v) is 4.65. The molecule has 8 heteroatoms. The minimum Gasteiger partial charge on any atom is -0.361 e. The van der Waals surface area contributed by atoms with Crippen molar-refractivity contribution in [3.8, 4) is 0 Å². The standard InChI is InChI=1S/C16H21FN4O2S/c1-18-16(21-13-5-7-24(22,23)10-13)19-6-4-11-9-20-15-8-12(17)2-3-14(11)15/h2-3,8-9,13,20H,4-7,10H2,1H3,(H2,18,19,21). The predicted molar refractivity (Wildman–Crippen MR) is 93.5 cm³/mol. The second-order valence-electron chi connectivity index (χ2n) is 6.00. The molecule has 24 heavy (non-hydrogen) atoms. The maximum atomic E-state index is 13.2. The van der Waals surface area contributed by atoms with Crippen LogP contribution in [0, 0.1) is 5.82 Å². The Morgan fingerprint density at radius 3 is 3.00 bits per heavy atom. The first-order valence-corrected chi connectivity index (χ1v) is 9.72. The monoisotopic (exact) mass is 352 g/mol. The van der Waals surface area contributed by atoms with Gasteiger partial charge in [-0.3, -0.25) is 4.99 Å². The van der Waals surface area contributed by atoms with Gasteiger partial charge in [-0.05, 0) is 36.6 Å². The van der Waals surface area contributed by atoms with Gasteiger partial charge in [-0.15, -0.1) is 0 Å². The minimum absolute atomic E-state index is 0.0859. The van der Waals surface area contributed by atoms with Crippen molar-refractivity contribution in [2.24, 2.45) is 4.99 Å². The number of nitrogens with zero attached hydrogens (tertiary/aromatic N) is 1. The zero-order valence-electron chi connectivity index (χ0n) is 13.5. The lowest BCUT2D eigenvalue weighted by Gasteiger charge is -2.15. The molecular formula is C16H21FN4O2S. The van der Waals surface area contributed by atoms with Crippen molar-refractivity contribution in [1.29, 1.82) is 0 Å². The number of halogens is 1. The number of fused-ring (bicyclic) bond motifs is 1. The van der Waals surface area contributed by atoms with Gasteiger partial charge >= 0.3 is 0 Å². The summed E-state index contributed by atoms with van der Waals surface area (Å²) >= 11 is 0. The SMILES string of the molecule is CN=C(NCCc1c[nH]c2cc(F)ccc12)NC1CCS(=O)(=O)C1. The van der Waals surface area contributed by atoms with Crippen LogP contribution >= 0.6 is 0 Å². The molecule has 1 atom stereocenters. The molecular weight excluding hydrogens is 331 g/mol. The third-order valence-electron chi connectivity index (χ3n) is 4.21. The fraction of sp³-hybridized carbons (Fsp3) is 0.438. The number of aromatic amines is 1. The van der Waals surface area contributed by atoms with Crippen LogP contribution in [0.1, 0.15) is 12.0 Å². The molecule has 0 radical (unpaired) electrons. The highest BCUT2D eigenvalue weighted by atomic mass is 32.2. The quantitative estimate of drug-likeness (QED) is 0.570. The molecule has 2 heterocycles. The van der Waals surface area contributed by atoms with Crippen LogP contribution in [0.5, 0.6) is 0 Å². The van der Waals surface area contributed by atoms with Crippen molar-refractivity contribution >= 4 is 26.7 Å². The zero-order valence-corrected chi connectivity index (χ0v) is 14.3. The van der Waals surface area contributed by atoms with E-state index in [0.717, 1.165) is 22.9 Å². The lowest BCUT2D eigenvalue weighted by molar-refractivity contribution is 0.599. The molecule has 6 nitrogen and oxygen atoms in total. The van der Waals surface area contributed by atoms with Gasteiger partial charge in [-0.1, -0.05) is 0 Å². The third kappa shape index (κ3) is 3.87. The highest BCUT2D eigenvalue weighted by Gasteiger charge is 2.28. The van der Waals surface area contributed by atoms with E-state index in [4.69, 9.17) is 0 Å². The Kier molecular flexibility index (Phi) is 4.75. The van der Waals surface area contributed by atoms with E-state index < -0.39 is 9.84 Å². The number of hydrogen-bond donors (Lipinski definition) is 3. The number of benzene rings is 1. The molecule has 1 fully saturated rings. The van der Waals surface area contributed by atoms with Crippen LogP contribution < -0.4 is 10.6 Å². The van der Waals surface area contributed by atoms with Crippen molar-refractivity contribution in [2.45, 2.75) is 18.9 Å². The number of aromatic nitrogens is 1. The summed E-state index contributed by atoms with van der Waals surface area (Å²) in [6.45, 7) is 0.642. The number of nitrogens with one attached hydrogen (secondary N) is 3. The minimum atomic E-state index is -2.91. The zero-order chi connectivity index (χ0) is 17.2. The van der Waals surface area contributed by atoms with Gasteiger partial charge < -0.3 is 15.6 Å². The Morgan fingerprint density at radius 1 is 1.46 bits per heavy atom. The Morgan fingerprint density at radius 2 is 2.29 bits per heavy atom. The van der Waals surface area contributed by atoms with Crippen LogP contribution in [0.4, 0.5) is 4.39 Å². The van der Waals surface area contributed by atoms with Crippen molar-refractivity contribution in [3.05, 3.63) is 35.8 Å². The Labute approximate surface area is 140 Å². The van der Waals surface area contributed by atoms with E-state index in [0.29, 0.717) is 18.9 Å². The number of H-pyrrole nitrogens is 1. The molecule has 1 unspecified atom stereocenters. The van der Waals surface area contributed by atoms with E-state index in [2.05, 4.69) is 20.6 Å². The van der Waals surface area contributed by atoms with Crippen LogP contribution in [0.3, 0.4) is 0 Å². The second kappa shape index (κ2) is 6.80. The molecule has 130 valence electrons. The summed E-state index contributed by atoms with van der Waals surface area (Å²) in [7, 11) is -1.25. The molecule has 3 rings (SSSR count). The largest absolute Gasteiger partial charge is 0.361 e. The number of guanidine groups is 1. The number of rotatable bonds is 4. The third-order valence-corrected chi connectivity index (χ3v) is 5.98. The van der Waals surface area contributed by atoms with Gasteiger partial charge in [0.05, 0.1) is 11.5 Å². The predicted octanol–water partition coefficient (Wildman–Crippen LogP) is 1.20. The Hall–Kier alpha value is -2.09. The van der Waals surface area contributed by atoms with Crippen molar-refractivity contribution < 1.29 is 12.8 Å². The van der Waals surface area contributed by atoms with E-state index >= 15 is 0 Å². The van der Waals surface area contributed by atoms with Gasteiger partial charge in [0.2, 0.25) is 0 Å². The van der Waals surface area contributed by atoms with E-state index in [1.165, 1.54) is 12.1 Å². The van der Waals surface area contributed by atoms with Crippen molar-refractivity contribution in [1.82, 2.24) is 15.6 Å². The van der Waals surface area contributed by atoms with Gasteiger partial charge in [0, 0.05) is 36.7 Å². The molecule has 1 saturated heterocycles. The Bertz CT molecular complexity index is 860. The molecule has 0 saturated carbocycles. The van der Waals surface area contributed by atoms with E-state index in [9.17, 15) is 12.8 Å². The molecule has 1 aliphatic heterocycles. The molecule has 2 aromatic rings. The first kappa shape index (κ1) is 16.8. The average molecular weight is 352 g/mol. The lowest BCUT2D eigenvalue weighted by atomic mass is 10.1. The topological polar surface area (TPSA) is 86.3 Å². The summed E-state index contributed by atoms with van der Waals surface area (Å²) in [5.41, 5.74) is 1.88. The first-order valence-electron chi connectivity index (χ1n) is 7.90. The molecule has 0 bridgehead atoms. The van der Waals surface area contributed by atoms with Crippen LogP contribution in [0.15, 0.2) is 29.4 Å². The van der Waals surface area contributed by atoms with E-state index in [1.54, 1.807) is 13.1 Å². The summed E-state index contributed by atoms with van der Waals surface area (Å²) in [6.07, 6.45) is 3.23. The smallest absolute Gasteiger partial charge is 0.191 e. The Balaban J connectivity index is 1.54. The maximum Gasteiger partial charge on any atom is 0.191 e. The normalized spacial score (nSPS) is 20.4. The highest BCUT2D eigenvalue weighted by Crippen LogP contribution is 2.19. The maximum absolute atomic E-state index is 13.2. The molecule has 0 spiro atoms. The summed E-state index contributed by atoms with van der Waals surface area (Å²) in [4.78, 5) is 7.20. The molecule has 3 N–H and O–H groups in total. The number of hydrogen-bond acceptors (Lipinski definition) is 3. The van der Waals surface area contributed by atoms with Crippen LogP contribution in [-0.4, -0.2) is 50.5 Å². The lowest BCUT2D eigenvalue weighted by Crippen LogP contribution is -2.44. The fourth-order valence-electron chi connectivity index (χ4n) is 2.98. The summed E-state index contributed by atoms with van der Waals surface area (Å²) in [6, 6.07) is 4.62. The van der Waals surface area contributed by atoms with Gasteiger partial charge in [-0.2, -0.15) is 0 Å². The number of aliphatic imine (C=N–C) groups is 1. The van der Waals surface area contributed by atoms with E-state index in [1.807, 2.05) is 6.20 Å². The first-order chi connectivity index (χ1) is 11.5. The molecule has 1 aliphatic rings. The molecule has 1 aromatic carbocycles. The summed E-state index contributed by atoms with van der Waals surface area (Å²) in [5, 5.41) is 7.35. The molecule has 0 aliphatic carbocycles. The highest BCUT2D eigenvalue weighted by molar-refractivity contribution is 7.91. The van der Waals surface area contributed by atoms with Crippen LogP contribution in [0.25, 0.3) is 10.9 Å². The van der Waals surface area contributed by atoms with Crippen LogP contribution in [0.2, 0.25) is 0 Å². The average Bonchev–Trinajstić information content (AvgIpc) is 3.09. The summed E-state index contributed by atoms with van der Waals surface area (Å²) < 4.78 is 36.2. The van der Waals surface area contributed by atoms with Crippen molar-refractivity contribution in [2.75, 3.05) is 25.1 Å². The molecule has 0 amide bonds. The van der Waals surface area contributed by atoms with E-state index in [-0.39, 0.29) is 23.4 Å². The van der Waals surface area contributed by atoms with Crippen molar-refractivity contribution in [3.63, 3.8) is 0 Å². The van der Waals surface area contributed by atoms with Gasteiger partial charge in [0.15, 0.2) is 15.8 Å². The second-order valence-corrected chi connectivity index (χ2v) is 8.23.